The molecule has 1 aliphatic carbocycles. The molecule has 1 saturated carbocycles. The van der Waals surface area contributed by atoms with E-state index in [0.717, 1.165) is 40.8 Å². The predicted octanol–water partition coefficient (Wildman–Crippen LogP) is 3.49. The topological polar surface area (TPSA) is 111 Å². The summed E-state index contributed by atoms with van der Waals surface area (Å²) in [6, 6.07) is 9.50. The molecule has 1 amide bonds. The van der Waals surface area contributed by atoms with Crippen LogP contribution in [0.15, 0.2) is 30.5 Å². The summed E-state index contributed by atoms with van der Waals surface area (Å²) in [4.78, 5) is 44.7. The van der Waals surface area contributed by atoms with Crippen LogP contribution in [0.2, 0.25) is 0 Å². The molecular weight excluding hydrogens is 442 g/mol. The molecule has 0 radical (unpaired) electrons. The molecule has 182 valence electrons. The summed E-state index contributed by atoms with van der Waals surface area (Å²) in [6.45, 7) is 6.44. The quantitative estimate of drug-likeness (QED) is 0.681. The summed E-state index contributed by atoms with van der Waals surface area (Å²) in [7, 11) is 0. The highest BCUT2D eigenvalue weighted by Crippen LogP contribution is 2.40. The van der Waals surface area contributed by atoms with E-state index in [-0.39, 0.29) is 29.3 Å². The smallest absolute Gasteiger partial charge is 0.251 e. The minimum absolute atomic E-state index is 0.0118. The van der Waals surface area contributed by atoms with E-state index in [1.165, 1.54) is 13.1 Å². The largest absolute Gasteiger partial charge is 0.384 e. The van der Waals surface area contributed by atoms with Gasteiger partial charge in [-0.05, 0) is 86.4 Å². The molecule has 2 fully saturated rings. The SMILES string of the molecule is Cc1cc(-c2ccc(C#N)cn2)cc(C)c1C1C(=O)CC(C2CCN(C(=O)C(C)O)CC2)CC1=O. The van der Waals surface area contributed by atoms with Crippen molar-refractivity contribution in [3.63, 3.8) is 0 Å². The van der Waals surface area contributed by atoms with E-state index < -0.39 is 12.0 Å². The number of aromatic nitrogens is 1. The maximum atomic E-state index is 13.3. The third kappa shape index (κ3) is 5.03. The molecule has 1 aromatic heterocycles. The van der Waals surface area contributed by atoms with Crippen molar-refractivity contribution in [2.24, 2.45) is 11.8 Å². The van der Waals surface area contributed by atoms with Crippen molar-refractivity contribution in [1.29, 1.82) is 5.26 Å². The number of aliphatic hydroxyl groups is 1. The number of nitriles is 1. The zero-order valence-corrected chi connectivity index (χ0v) is 20.5. The fourth-order valence-electron chi connectivity index (χ4n) is 5.72. The number of ketones is 2. The van der Waals surface area contributed by atoms with Gasteiger partial charge in [0.05, 0.1) is 11.3 Å². The van der Waals surface area contributed by atoms with Gasteiger partial charge in [-0.15, -0.1) is 0 Å². The van der Waals surface area contributed by atoms with E-state index in [0.29, 0.717) is 31.5 Å². The van der Waals surface area contributed by atoms with Crippen molar-refractivity contribution in [2.45, 2.75) is 58.5 Å². The molecule has 1 aliphatic heterocycles. The third-order valence-electron chi connectivity index (χ3n) is 7.52. The van der Waals surface area contributed by atoms with Gasteiger partial charge in [0, 0.05) is 37.7 Å². The molecule has 0 spiro atoms. The first-order chi connectivity index (χ1) is 16.7. The molecule has 2 heterocycles. The lowest BCUT2D eigenvalue weighted by atomic mass is 9.69. The number of piperidine rings is 1. The molecule has 2 aromatic rings. The van der Waals surface area contributed by atoms with Crippen LogP contribution >= 0.6 is 0 Å². The Morgan fingerprint density at radius 1 is 1.09 bits per heavy atom. The zero-order chi connectivity index (χ0) is 25.3. The zero-order valence-electron chi connectivity index (χ0n) is 20.5. The average molecular weight is 474 g/mol. The maximum absolute atomic E-state index is 13.3. The fraction of sp³-hybridized carbons (Fsp3) is 0.464. The number of likely N-dealkylation sites (tertiary alicyclic amines) is 1. The van der Waals surface area contributed by atoms with Crippen LogP contribution in [0, 0.1) is 37.0 Å². The Balaban J connectivity index is 1.48. The summed E-state index contributed by atoms with van der Waals surface area (Å²) in [5.74, 6) is -0.795. The number of aryl methyl sites for hydroxylation is 2. The Morgan fingerprint density at radius 2 is 1.69 bits per heavy atom. The average Bonchev–Trinajstić information content (AvgIpc) is 2.84. The van der Waals surface area contributed by atoms with Gasteiger partial charge in [0.15, 0.2) is 0 Å². The Morgan fingerprint density at radius 3 is 2.17 bits per heavy atom. The molecule has 1 unspecified atom stereocenters. The van der Waals surface area contributed by atoms with E-state index in [2.05, 4.69) is 11.1 Å². The van der Waals surface area contributed by atoms with E-state index in [4.69, 9.17) is 5.26 Å². The number of hydrogen-bond donors (Lipinski definition) is 1. The molecule has 7 nitrogen and oxygen atoms in total. The number of rotatable bonds is 4. The van der Waals surface area contributed by atoms with Gasteiger partial charge in [0.25, 0.3) is 5.91 Å². The van der Waals surface area contributed by atoms with Crippen molar-refractivity contribution in [3.05, 3.63) is 52.7 Å². The van der Waals surface area contributed by atoms with E-state index in [1.54, 1.807) is 17.0 Å². The molecule has 7 heteroatoms. The highest BCUT2D eigenvalue weighted by Gasteiger charge is 2.41. The molecular formula is C28H31N3O4. The number of Topliss-reactive ketones (excluding diaryl/α,β-unsaturated/α-hetero) is 2. The van der Waals surface area contributed by atoms with E-state index in [1.807, 2.05) is 26.0 Å². The fourth-order valence-corrected chi connectivity index (χ4v) is 5.72. The normalized spacial score (nSPS) is 22.1. The first kappa shape index (κ1) is 24.7. The van der Waals surface area contributed by atoms with Gasteiger partial charge in [0.2, 0.25) is 0 Å². The van der Waals surface area contributed by atoms with E-state index >= 15 is 0 Å². The van der Waals surface area contributed by atoms with Crippen LogP contribution < -0.4 is 0 Å². The summed E-state index contributed by atoms with van der Waals surface area (Å²) < 4.78 is 0. The van der Waals surface area contributed by atoms with Gasteiger partial charge < -0.3 is 10.0 Å². The summed E-state index contributed by atoms with van der Waals surface area (Å²) >= 11 is 0. The summed E-state index contributed by atoms with van der Waals surface area (Å²) in [5.41, 5.74) is 4.70. The van der Waals surface area contributed by atoms with Crippen molar-refractivity contribution in [3.8, 4) is 17.3 Å². The molecule has 1 aromatic carbocycles. The van der Waals surface area contributed by atoms with Gasteiger partial charge >= 0.3 is 0 Å². The van der Waals surface area contributed by atoms with Gasteiger partial charge in [-0.3, -0.25) is 19.4 Å². The van der Waals surface area contributed by atoms with Crippen molar-refractivity contribution < 1.29 is 19.5 Å². The van der Waals surface area contributed by atoms with Crippen LogP contribution in [0.5, 0.6) is 0 Å². The van der Waals surface area contributed by atoms with Crippen molar-refractivity contribution >= 4 is 17.5 Å². The lowest BCUT2D eigenvalue weighted by Crippen LogP contribution is -2.45. The number of amides is 1. The number of carbonyl (C=O) groups excluding carboxylic acids is 3. The lowest BCUT2D eigenvalue weighted by Gasteiger charge is -2.38. The minimum atomic E-state index is -1.00. The standard InChI is InChI=1S/C28H31N3O4/c1-16-10-22(23-5-4-19(14-29)15-30-23)11-17(2)26(16)27-24(33)12-21(13-25(27)34)20-6-8-31(9-7-20)28(35)18(3)32/h4-5,10-11,15,18,20-21,27,32H,6-9,12-13H2,1-3H3. The first-order valence-corrected chi connectivity index (χ1v) is 12.2. The predicted molar refractivity (Wildman–Crippen MR) is 130 cm³/mol. The van der Waals surface area contributed by atoms with Crippen LogP contribution in [-0.4, -0.2) is 51.7 Å². The first-order valence-electron chi connectivity index (χ1n) is 12.2. The van der Waals surface area contributed by atoms with Crippen molar-refractivity contribution in [2.75, 3.05) is 13.1 Å². The summed E-state index contributed by atoms with van der Waals surface area (Å²) in [5, 5.41) is 18.5. The molecule has 35 heavy (non-hydrogen) atoms. The number of nitrogens with zero attached hydrogens (tertiary/aromatic N) is 3. The second-order valence-electron chi connectivity index (χ2n) is 9.94. The van der Waals surface area contributed by atoms with Crippen LogP contribution in [0.25, 0.3) is 11.3 Å². The lowest BCUT2D eigenvalue weighted by molar-refractivity contribution is -0.142. The second-order valence-corrected chi connectivity index (χ2v) is 9.94. The highest BCUT2D eigenvalue weighted by atomic mass is 16.3. The van der Waals surface area contributed by atoms with Crippen LogP contribution in [-0.2, 0) is 14.4 Å². The van der Waals surface area contributed by atoms with Gasteiger partial charge in [-0.2, -0.15) is 5.26 Å². The van der Waals surface area contributed by atoms with Gasteiger partial charge in [0.1, 0.15) is 29.7 Å². The molecule has 1 N–H and O–H groups in total. The molecule has 1 saturated heterocycles. The Kier molecular flexibility index (Phi) is 7.13. The Bertz CT molecular complexity index is 1150. The highest BCUT2D eigenvalue weighted by molar-refractivity contribution is 6.10. The minimum Gasteiger partial charge on any atom is -0.384 e. The van der Waals surface area contributed by atoms with Crippen molar-refractivity contribution in [1.82, 2.24) is 9.88 Å². The molecule has 4 rings (SSSR count). The monoisotopic (exact) mass is 473 g/mol. The number of aliphatic hydroxyl groups excluding tert-OH is 1. The number of hydrogen-bond acceptors (Lipinski definition) is 6. The maximum Gasteiger partial charge on any atom is 0.251 e. The summed E-state index contributed by atoms with van der Waals surface area (Å²) in [6.07, 6.45) is 2.78. The second kappa shape index (κ2) is 10.1. The van der Waals surface area contributed by atoms with Crippen LogP contribution in [0.3, 0.4) is 0 Å². The third-order valence-corrected chi connectivity index (χ3v) is 7.52. The Labute approximate surface area is 205 Å². The number of pyridine rings is 1. The molecule has 1 atom stereocenters. The molecule has 0 bridgehead atoms. The molecule has 2 aliphatic rings. The van der Waals surface area contributed by atoms with Gasteiger partial charge in [-0.25, -0.2) is 0 Å². The van der Waals surface area contributed by atoms with Crippen LogP contribution in [0.1, 0.15) is 60.8 Å². The number of benzene rings is 1. The van der Waals surface area contributed by atoms with Gasteiger partial charge in [-0.1, -0.05) is 0 Å². The van der Waals surface area contributed by atoms with E-state index in [9.17, 15) is 19.5 Å². The Hall–Kier alpha value is -3.37. The number of carbonyl (C=O) groups is 3. The van der Waals surface area contributed by atoms with Crippen LogP contribution in [0.4, 0.5) is 0 Å².